The Bertz CT molecular complexity index is 975. The molecule has 2 saturated heterocycles. The molecule has 0 bridgehead atoms. The normalized spacial score (nSPS) is 22.5. The smallest absolute Gasteiger partial charge is 0.272 e. The SMILES string of the molecule is Cc1cc(C(=O)N2CC3(CN(Cc4ccccc4)CC3C(=O)NCC3CC3)C2)n(C)n1. The quantitative estimate of drug-likeness (QED) is 0.773. The third kappa shape index (κ3) is 3.99. The Morgan fingerprint density at radius 1 is 1.16 bits per heavy atom. The van der Waals surface area contributed by atoms with Gasteiger partial charge in [-0.1, -0.05) is 30.3 Å². The summed E-state index contributed by atoms with van der Waals surface area (Å²) >= 11 is 0. The standard InChI is InChI=1S/C24H31N5O2/c1-17-10-21(27(2)26-17)23(31)29-15-24(16-29)14-28(12-19-6-4-3-5-7-19)13-20(24)22(30)25-11-18-8-9-18/h3-7,10,18,20H,8-9,11-16H2,1-2H3,(H,25,30). The van der Waals surface area contributed by atoms with Crippen molar-refractivity contribution in [2.24, 2.45) is 24.3 Å². The van der Waals surface area contributed by atoms with Gasteiger partial charge in [0, 0.05) is 51.7 Å². The molecular weight excluding hydrogens is 390 g/mol. The first-order valence-corrected chi connectivity index (χ1v) is 11.3. The van der Waals surface area contributed by atoms with Crippen LogP contribution in [0.4, 0.5) is 0 Å². The molecule has 3 heterocycles. The molecule has 0 radical (unpaired) electrons. The van der Waals surface area contributed by atoms with Gasteiger partial charge < -0.3 is 10.2 Å². The highest BCUT2D eigenvalue weighted by Crippen LogP contribution is 2.45. The van der Waals surface area contributed by atoms with Gasteiger partial charge in [0.05, 0.1) is 11.6 Å². The van der Waals surface area contributed by atoms with Crippen molar-refractivity contribution in [2.45, 2.75) is 26.3 Å². The van der Waals surface area contributed by atoms with Crippen LogP contribution in [0.1, 0.15) is 34.6 Å². The van der Waals surface area contributed by atoms with E-state index in [0.29, 0.717) is 24.7 Å². The second kappa shape index (κ2) is 7.79. The number of amides is 2. The molecule has 2 amide bonds. The molecule has 1 atom stereocenters. The molecule has 1 aromatic carbocycles. The Morgan fingerprint density at radius 3 is 2.55 bits per heavy atom. The molecule has 1 N–H and O–H groups in total. The molecule has 1 aliphatic carbocycles. The Labute approximate surface area is 183 Å². The van der Waals surface area contributed by atoms with Crippen molar-refractivity contribution in [3.8, 4) is 0 Å². The number of benzene rings is 1. The zero-order chi connectivity index (χ0) is 21.6. The van der Waals surface area contributed by atoms with E-state index in [1.807, 2.05) is 24.0 Å². The summed E-state index contributed by atoms with van der Waals surface area (Å²) in [4.78, 5) is 30.4. The molecule has 7 nitrogen and oxygen atoms in total. The summed E-state index contributed by atoms with van der Waals surface area (Å²) in [6.07, 6.45) is 2.45. The number of nitrogens with one attached hydrogen (secondary N) is 1. The van der Waals surface area contributed by atoms with Gasteiger partial charge >= 0.3 is 0 Å². The largest absolute Gasteiger partial charge is 0.356 e. The van der Waals surface area contributed by atoms with Crippen LogP contribution < -0.4 is 5.32 Å². The number of rotatable bonds is 6. The molecule has 3 aliphatic rings. The maximum absolute atomic E-state index is 13.1. The summed E-state index contributed by atoms with van der Waals surface area (Å²) in [5.41, 5.74) is 2.55. The fourth-order valence-corrected chi connectivity index (χ4v) is 5.24. The van der Waals surface area contributed by atoms with E-state index in [-0.39, 0.29) is 23.1 Å². The molecule has 1 saturated carbocycles. The summed E-state index contributed by atoms with van der Waals surface area (Å²) in [6.45, 7) is 6.37. The van der Waals surface area contributed by atoms with E-state index in [0.717, 1.165) is 31.9 Å². The number of carbonyl (C=O) groups is 2. The summed E-state index contributed by atoms with van der Waals surface area (Å²) in [5.74, 6) is 0.750. The van der Waals surface area contributed by atoms with Crippen LogP contribution in [0.5, 0.6) is 0 Å². The van der Waals surface area contributed by atoms with Crippen LogP contribution in [0, 0.1) is 24.2 Å². The van der Waals surface area contributed by atoms with Gasteiger partial charge in [-0.05, 0) is 37.3 Å². The lowest BCUT2D eigenvalue weighted by Crippen LogP contribution is -2.64. The Balaban J connectivity index is 1.30. The first-order chi connectivity index (χ1) is 14.9. The van der Waals surface area contributed by atoms with Crippen molar-refractivity contribution in [1.29, 1.82) is 0 Å². The first kappa shape index (κ1) is 20.2. The van der Waals surface area contributed by atoms with Gasteiger partial charge in [-0.3, -0.25) is 19.2 Å². The van der Waals surface area contributed by atoms with Crippen LogP contribution in [0.3, 0.4) is 0 Å². The van der Waals surface area contributed by atoms with Gasteiger partial charge in [0.1, 0.15) is 5.69 Å². The minimum absolute atomic E-state index is 0.00683. The van der Waals surface area contributed by atoms with Gasteiger partial charge in [-0.15, -0.1) is 0 Å². The minimum Gasteiger partial charge on any atom is -0.356 e. The third-order valence-corrected chi connectivity index (χ3v) is 7.07. The monoisotopic (exact) mass is 421 g/mol. The summed E-state index contributed by atoms with van der Waals surface area (Å²) < 4.78 is 1.65. The van der Waals surface area contributed by atoms with Crippen molar-refractivity contribution in [1.82, 2.24) is 24.9 Å². The Morgan fingerprint density at radius 2 is 1.90 bits per heavy atom. The molecule has 5 rings (SSSR count). The Hall–Kier alpha value is -2.67. The molecule has 1 aromatic heterocycles. The van der Waals surface area contributed by atoms with Gasteiger partial charge in [-0.2, -0.15) is 5.10 Å². The summed E-state index contributed by atoms with van der Waals surface area (Å²) in [6, 6.07) is 12.2. The summed E-state index contributed by atoms with van der Waals surface area (Å²) in [5, 5.41) is 7.51. The zero-order valence-corrected chi connectivity index (χ0v) is 18.4. The molecule has 164 valence electrons. The van der Waals surface area contributed by atoms with Crippen LogP contribution in [0.25, 0.3) is 0 Å². The highest BCUT2D eigenvalue weighted by Gasteiger charge is 2.58. The Kier molecular flexibility index (Phi) is 5.08. The van der Waals surface area contributed by atoms with Crippen molar-refractivity contribution in [2.75, 3.05) is 32.7 Å². The van der Waals surface area contributed by atoms with Crippen LogP contribution in [-0.2, 0) is 18.4 Å². The van der Waals surface area contributed by atoms with Crippen molar-refractivity contribution >= 4 is 11.8 Å². The van der Waals surface area contributed by atoms with Crippen LogP contribution in [0.15, 0.2) is 36.4 Å². The molecule has 3 fully saturated rings. The van der Waals surface area contributed by atoms with Crippen molar-refractivity contribution in [3.63, 3.8) is 0 Å². The molecule has 31 heavy (non-hydrogen) atoms. The van der Waals surface area contributed by atoms with E-state index in [4.69, 9.17) is 0 Å². The second-order valence-corrected chi connectivity index (χ2v) is 9.71. The lowest BCUT2D eigenvalue weighted by molar-refractivity contribution is -0.131. The average molecular weight is 422 g/mol. The topological polar surface area (TPSA) is 70.5 Å². The van der Waals surface area contributed by atoms with E-state index in [2.05, 4.69) is 39.6 Å². The number of aryl methyl sites for hydroxylation is 2. The number of hydrogen-bond donors (Lipinski definition) is 1. The third-order valence-electron chi connectivity index (χ3n) is 7.07. The number of aromatic nitrogens is 2. The van der Waals surface area contributed by atoms with Crippen LogP contribution in [0.2, 0.25) is 0 Å². The molecule has 2 aliphatic heterocycles. The average Bonchev–Trinajstić information content (AvgIpc) is 3.39. The highest BCUT2D eigenvalue weighted by atomic mass is 16.2. The number of nitrogens with zero attached hydrogens (tertiary/aromatic N) is 4. The first-order valence-electron chi connectivity index (χ1n) is 11.3. The van der Waals surface area contributed by atoms with E-state index in [1.165, 1.54) is 18.4 Å². The maximum Gasteiger partial charge on any atom is 0.272 e. The predicted molar refractivity (Wildman–Crippen MR) is 117 cm³/mol. The van der Waals surface area contributed by atoms with Gasteiger partial charge in [0.25, 0.3) is 5.91 Å². The predicted octanol–water partition coefficient (Wildman–Crippen LogP) is 1.83. The second-order valence-electron chi connectivity index (χ2n) is 9.71. The van der Waals surface area contributed by atoms with Crippen LogP contribution >= 0.6 is 0 Å². The van der Waals surface area contributed by atoms with Crippen molar-refractivity contribution < 1.29 is 9.59 Å². The molecule has 1 spiro atoms. The maximum atomic E-state index is 13.1. The molecule has 7 heteroatoms. The van der Waals surface area contributed by atoms with Gasteiger partial charge in [0.2, 0.25) is 5.91 Å². The fourth-order valence-electron chi connectivity index (χ4n) is 5.24. The lowest BCUT2D eigenvalue weighted by atomic mass is 9.71. The van der Waals surface area contributed by atoms with E-state index >= 15 is 0 Å². The highest BCUT2D eigenvalue weighted by molar-refractivity contribution is 5.93. The lowest BCUT2D eigenvalue weighted by Gasteiger charge is -2.50. The number of hydrogen-bond acceptors (Lipinski definition) is 4. The summed E-state index contributed by atoms with van der Waals surface area (Å²) in [7, 11) is 1.81. The molecular formula is C24H31N5O2. The number of likely N-dealkylation sites (tertiary alicyclic amines) is 2. The number of carbonyl (C=O) groups excluding carboxylic acids is 2. The minimum atomic E-state index is -0.161. The zero-order valence-electron chi connectivity index (χ0n) is 18.4. The fraction of sp³-hybridized carbons (Fsp3) is 0.542. The van der Waals surface area contributed by atoms with E-state index in [1.54, 1.807) is 11.7 Å². The van der Waals surface area contributed by atoms with Crippen molar-refractivity contribution in [3.05, 3.63) is 53.3 Å². The van der Waals surface area contributed by atoms with Gasteiger partial charge in [0.15, 0.2) is 0 Å². The van der Waals surface area contributed by atoms with Crippen LogP contribution in [-0.4, -0.2) is 64.1 Å². The van der Waals surface area contributed by atoms with Gasteiger partial charge in [-0.25, -0.2) is 0 Å². The molecule has 2 aromatic rings. The van der Waals surface area contributed by atoms with E-state index in [9.17, 15) is 9.59 Å². The van der Waals surface area contributed by atoms with E-state index < -0.39 is 0 Å². The molecule has 1 unspecified atom stereocenters.